The number of carbonyl (C=O) groups is 2. The van der Waals surface area contributed by atoms with Crippen LogP contribution in [0.25, 0.3) is 10.8 Å². The third-order valence-electron chi connectivity index (χ3n) is 5.00. The van der Waals surface area contributed by atoms with Crippen molar-refractivity contribution < 1.29 is 19.4 Å². The van der Waals surface area contributed by atoms with E-state index in [1.807, 2.05) is 19.1 Å². The van der Waals surface area contributed by atoms with Gasteiger partial charge in [-0.1, -0.05) is 43.3 Å². The number of methoxy groups -OCH3 is 1. The van der Waals surface area contributed by atoms with E-state index in [4.69, 9.17) is 4.74 Å². The number of hydrogen-bond donors (Lipinski definition) is 2. The van der Waals surface area contributed by atoms with Gasteiger partial charge in [-0.05, 0) is 59.4 Å². The van der Waals surface area contributed by atoms with Crippen molar-refractivity contribution >= 4 is 28.3 Å². The Kier molecular flexibility index (Phi) is 6.50. The average Bonchev–Trinajstić information content (AvgIpc) is 2.71. The Morgan fingerprint density at radius 2 is 1.76 bits per heavy atom. The molecule has 0 aliphatic heterocycles. The Morgan fingerprint density at radius 1 is 1.03 bits per heavy atom. The van der Waals surface area contributed by atoms with E-state index in [2.05, 4.69) is 29.6 Å². The van der Waals surface area contributed by atoms with Crippen LogP contribution in [0.15, 0.2) is 60.7 Å². The molecule has 0 aliphatic carbocycles. The van der Waals surface area contributed by atoms with E-state index >= 15 is 0 Å². The zero-order chi connectivity index (χ0) is 20.8. The summed E-state index contributed by atoms with van der Waals surface area (Å²) in [6.45, 7) is 2.04. The number of ether oxygens (including phenoxy) is 1. The molecule has 0 aliphatic rings. The van der Waals surface area contributed by atoms with Crippen molar-refractivity contribution in [2.24, 2.45) is 5.92 Å². The maximum Gasteiger partial charge on any atom is 0.337 e. The molecule has 3 rings (SSSR count). The number of hydrogen-bond acceptors (Lipinski definition) is 3. The highest BCUT2D eigenvalue weighted by molar-refractivity contribution is 6.00. The van der Waals surface area contributed by atoms with Crippen molar-refractivity contribution in [3.05, 3.63) is 71.8 Å². The van der Waals surface area contributed by atoms with E-state index in [1.165, 1.54) is 17.0 Å². The van der Waals surface area contributed by atoms with Gasteiger partial charge in [0.1, 0.15) is 5.75 Å². The minimum atomic E-state index is -1.05. The van der Waals surface area contributed by atoms with E-state index < -0.39 is 5.97 Å². The maximum atomic E-state index is 12.3. The third kappa shape index (κ3) is 5.35. The Hall–Kier alpha value is -3.34. The number of aromatic carboxylic acids is 1. The number of para-hydroxylation sites is 1. The van der Waals surface area contributed by atoms with Crippen molar-refractivity contribution in [2.45, 2.75) is 26.2 Å². The number of benzene rings is 3. The van der Waals surface area contributed by atoms with E-state index in [0.29, 0.717) is 12.1 Å². The van der Waals surface area contributed by atoms with Gasteiger partial charge in [-0.25, -0.2) is 4.79 Å². The van der Waals surface area contributed by atoms with Gasteiger partial charge in [-0.3, -0.25) is 4.79 Å². The van der Waals surface area contributed by atoms with Gasteiger partial charge in [0.15, 0.2) is 0 Å². The second-order valence-corrected chi connectivity index (χ2v) is 7.29. The van der Waals surface area contributed by atoms with Crippen molar-refractivity contribution in [3.8, 4) is 5.75 Å². The molecule has 0 saturated carbocycles. The molecule has 0 saturated heterocycles. The lowest BCUT2D eigenvalue weighted by atomic mass is 9.96. The SMILES string of the molecule is COc1ccc2cc(CCC(C)CC(=O)Nc3ccccc3C(=O)O)ccc2c1. The lowest BCUT2D eigenvalue weighted by Crippen LogP contribution is -2.17. The molecule has 1 amide bonds. The van der Waals surface area contributed by atoms with Gasteiger partial charge in [-0.2, -0.15) is 0 Å². The number of nitrogens with one attached hydrogen (secondary N) is 1. The first kappa shape index (κ1) is 20.4. The highest BCUT2D eigenvalue weighted by atomic mass is 16.5. The second-order valence-electron chi connectivity index (χ2n) is 7.29. The maximum absolute atomic E-state index is 12.3. The standard InChI is InChI=1S/C24H25NO4/c1-16(13-23(26)25-22-6-4-3-5-21(22)24(27)28)7-8-17-9-10-19-15-20(29-2)12-11-18(19)14-17/h3-6,9-12,14-16H,7-8,13H2,1-2H3,(H,25,26)(H,27,28). The summed E-state index contributed by atoms with van der Waals surface area (Å²) in [7, 11) is 1.66. The van der Waals surface area contributed by atoms with E-state index in [-0.39, 0.29) is 17.4 Å². The fourth-order valence-corrected chi connectivity index (χ4v) is 3.37. The fraction of sp³-hybridized carbons (Fsp3) is 0.250. The fourth-order valence-electron chi connectivity index (χ4n) is 3.37. The number of amides is 1. The number of anilines is 1. The summed E-state index contributed by atoms with van der Waals surface area (Å²) < 4.78 is 5.26. The molecule has 3 aromatic carbocycles. The Balaban J connectivity index is 1.55. The molecular formula is C24H25NO4. The van der Waals surface area contributed by atoms with Crippen LogP contribution in [-0.2, 0) is 11.2 Å². The number of carboxylic acids is 1. The Labute approximate surface area is 170 Å². The van der Waals surface area contributed by atoms with Crippen LogP contribution in [-0.4, -0.2) is 24.1 Å². The first-order valence-electron chi connectivity index (χ1n) is 9.65. The molecule has 0 spiro atoms. The molecule has 5 nitrogen and oxygen atoms in total. The molecule has 0 heterocycles. The van der Waals surface area contributed by atoms with Crippen LogP contribution in [0.2, 0.25) is 0 Å². The monoisotopic (exact) mass is 391 g/mol. The molecule has 3 aromatic rings. The van der Waals surface area contributed by atoms with Crippen LogP contribution in [0.4, 0.5) is 5.69 Å². The lowest BCUT2D eigenvalue weighted by molar-refractivity contribution is -0.117. The Morgan fingerprint density at radius 3 is 2.52 bits per heavy atom. The van der Waals surface area contributed by atoms with E-state index in [9.17, 15) is 14.7 Å². The average molecular weight is 391 g/mol. The van der Waals surface area contributed by atoms with Crippen LogP contribution < -0.4 is 10.1 Å². The molecule has 2 N–H and O–H groups in total. The van der Waals surface area contributed by atoms with Crippen LogP contribution >= 0.6 is 0 Å². The van der Waals surface area contributed by atoms with Gasteiger partial charge in [0.2, 0.25) is 5.91 Å². The summed E-state index contributed by atoms with van der Waals surface area (Å²) in [6.07, 6.45) is 2.09. The lowest BCUT2D eigenvalue weighted by Gasteiger charge is -2.13. The number of fused-ring (bicyclic) bond motifs is 1. The molecule has 1 atom stereocenters. The topological polar surface area (TPSA) is 75.6 Å². The van der Waals surface area contributed by atoms with Gasteiger partial charge in [-0.15, -0.1) is 0 Å². The van der Waals surface area contributed by atoms with Gasteiger partial charge in [0.25, 0.3) is 0 Å². The summed E-state index contributed by atoms with van der Waals surface area (Å²) in [5.74, 6) is -0.201. The highest BCUT2D eigenvalue weighted by Gasteiger charge is 2.14. The summed E-state index contributed by atoms with van der Waals surface area (Å²) in [6, 6.07) is 18.8. The normalized spacial score (nSPS) is 11.8. The predicted octanol–water partition coefficient (Wildman–Crippen LogP) is 5.14. The predicted molar refractivity (Wildman–Crippen MR) is 115 cm³/mol. The summed E-state index contributed by atoms with van der Waals surface area (Å²) in [4.78, 5) is 23.6. The van der Waals surface area contributed by atoms with Crippen LogP contribution in [0.1, 0.15) is 35.7 Å². The minimum Gasteiger partial charge on any atom is -0.497 e. The van der Waals surface area contributed by atoms with Crippen molar-refractivity contribution in [2.75, 3.05) is 12.4 Å². The largest absolute Gasteiger partial charge is 0.497 e. The van der Waals surface area contributed by atoms with Crippen LogP contribution in [0.5, 0.6) is 5.75 Å². The zero-order valence-electron chi connectivity index (χ0n) is 16.6. The van der Waals surface area contributed by atoms with Crippen LogP contribution in [0, 0.1) is 5.92 Å². The molecule has 0 bridgehead atoms. The first-order chi connectivity index (χ1) is 14.0. The molecule has 0 aromatic heterocycles. The molecule has 29 heavy (non-hydrogen) atoms. The quantitative estimate of drug-likeness (QED) is 0.557. The molecule has 0 fully saturated rings. The third-order valence-corrected chi connectivity index (χ3v) is 5.00. The molecule has 0 radical (unpaired) electrons. The molecule has 5 heteroatoms. The smallest absolute Gasteiger partial charge is 0.337 e. The minimum absolute atomic E-state index is 0.0984. The molecule has 1 unspecified atom stereocenters. The number of carboxylic acid groups (broad SMARTS) is 1. The zero-order valence-corrected chi connectivity index (χ0v) is 16.6. The van der Waals surface area contributed by atoms with Gasteiger partial charge in [0, 0.05) is 6.42 Å². The summed E-state index contributed by atoms with van der Waals surface area (Å²) >= 11 is 0. The second kappa shape index (κ2) is 9.24. The number of aryl methyl sites for hydroxylation is 1. The molecular weight excluding hydrogens is 366 g/mol. The Bertz CT molecular complexity index is 1030. The number of rotatable bonds is 8. The van der Waals surface area contributed by atoms with Crippen LogP contribution in [0.3, 0.4) is 0 Å². The van der Waals surface area contributed by atoms with Gasteiger partial charge >= 0.3 is 5.97 Å². The van der Waals surface area contributed by atoms with Crippen molar-refractivity contribution in [1.82, 2.24) is 0 Å². The van der Waals surface area contributed by atoms with Gasteiger partial charge < -0.3 is 15.2 Å². The van der Waals surface area contributed by atoms with Crippen molar-refractivity contribution in [3.63, 3.8) is 0 Å². The van der Waals surface area contributed by atoms with E-state index in [1.54, 1.807) is 25.3 Å². The van der Waals surface area contributed by atoms with Gasteiger partial charge in [0.05, 0.1) is 18.4 Å². The summed E-state index contributed by atoms with van der Waals surface area (Å²) in [5.41, 5.74) is 1.66. The molecule has 150 valence electrons. The first-order valence-corrected chi connectivity index (χ1v) is 9.65. The number of carbonyl (C=O) groups excluding carboxylic acids is 1. The highest BCUT2D eigenvalue weighted by Crippen LogP contribution is 2.23. The summed E-state index contributed by atoms with van der Waals surface area (Å²) in [5, 5.41) is 14.2. The van der Waals surface area contributed by atoms with Crippen molar-refractivity contribution in [1.29, 1.82) is 0 Å². The van der Waals surface area contributed by atoms with E-state index in [0.717, 1.165) is 24.0 Å².